The highest BCUT2D eigenvalue weighted by atomic mass is 32.2. The van der Waals surface area contributed by atoms with Crippen LogP contribution in [-0.2, 0) is 14.8 Å². The number of carbonyl (C=O) groups is 1. The first-order chi connectivity index (χ1) is 12.7. The Morgan fingerprint density at radius 3 is 2.00 bits per heavy atom. The lowest BCUT2D eigenvalue weighted by Crippen LogP contribution is -2.46. The summed E-state index contributed by atoms with van der Waals surface area (Å²) in [4.78, 5) is 15.1. The fraction of sp³-hybridized carbons (Fsp3) is 0.650. The average Bonchev–Trinajstić information content (AvgIpc) is 2.66. The molecule has 2 saturated heterocycles. The van der Waals surface area contributed by atoms with E-state index < -0.39 is 10.0 Å². The molecule has 2 aliphatic heterocycles. The van der Waals surface area contributed by atoms with Crippen molar-refractivity contribution >= 4 is 27.7 Å². The molecule has 7 heteroatoms. The molecule has 0 unspecified atom stereocenters. The number of aryl methyl sites for hydroxylation is 2. The Morgan fingerprint density at radius 1 is 0.963 bits per heavy atom. The molecule has 0 saturated carbocycles. The summed E-state index contributed by atoms with van der Waals surface area (Å²) in [6, 6.07) is 2.05. The Morgan fingerprint density at radius 2 is 1.48 bits per heavy atom. The topological polar surface area (TPSA) is 57.7 Å². The molecule has 150 valence electrons. The first-order valence-electron chi connectivity index (χ1n) is 9.67. The van der Waals surface area contributed by atoms with Gasteiger partial charge in [0.2, 0.25) is 15.9 Å². The van der Waals surface area contributed by atoms with Crippen LogP contribution in [-0.4, -0.2) is 61.2 Å². The van der Waals surface area contributed by atoms with Crippen molar-refractivity contribution in [1.29, 1.82) is 0 Å². The first-order valence-corrected chi connectivity index (χ1v) is 12.3. The molecular formula is C20H30N2O3S2. The smallest absolute Gasteiger partial charge is 0.243 e. The van der Waals surface area contributed by atoms with Crippen molar-refractivity contribution in [3.8, 4) is 0 Å². The van der Waals surface area contributed by atoms with E-state index in [0.717, 1.165) is 46.8 Å². The van der Waals surface area contributed by atoms with E-state index in [9.17, 15) is 13.2 Å². The van der Waals surface area contributed by atoms with Gasteiger partial charge in [-0.15, -0.1) is 0 Å². The normalized spacial score (nSPS) is 20.1. The zero-order valence-electron chi connectivity index (χ0n) is 16.7. The minimum Gasteiger partial charge on any atom is -0.341 e. The maximum atomic E-state index is 13.3. The fourth-order valence-corrected chi connectivity index (χ4v) is 7.03. The van der Waals surface area contributed by atoms with E-state index in [4.69, 9.17) is 0 Å². The van der Waals surface area contributed by atoms with Gasteiger partial charge < -0.3 is 4.90 Å². The van der Waals surface area contributed by atoms with Crippen molar-refractivity contribution in [2.45, 2.75) is 45.4 Å². The highest BCUT2D eigenvalue weighted by Gasteiger charge is 2.35. The minimum atomic E-state index is -3.54. The van der Waals surface area contributed by atoms with Crippen LogP contribution in [0, 0.1) is 33.6 Å². The van der Waals surface area contributed by atoms with Gasteiger partial charge in [0.25, 0.3) is 0 Å². The van der Waals surface area contributed by atoms with E-state index in [1.165, 1.54) is 0 Å². The molecule has 5 nitrogen and oxygen atoms in total. The van der Waals surface area contributed by atoms with Gasteiger partial charge in [-0.2, -0.15) is 16.1 Å². The van der Waals surface area contributed by atoms with Crippen molar-refractivity contribution in [2.24, 2.45) is 5.92 Å². The lowest BCUT2D eigenvalue weighted by Gasteiger charge is -2.35. The summed E-state index contributed by atoms with van der Waals surface area (Å²) in [7, 11) is -3.54. The van der Waals surface area contributed by atoms with Crippen molar-refractivity contribution in [1.82, 2.24) is 9.21 Å². The van der Waals surface area contributed by atoms with Crippen molar-refractivity contribution < 1.29 is 13.2 Å². The summed E-state index contributed by atoms with van der Waals surface area (Å²) in [6.07, 6.45) is 1.23. The zero-order valence-corrected chi connectivity index (χ0v) is 18.4. The summed E-state index contributed by atoms with van der Waals surface area (Å²) in [6.45, 7) is 10.2. The number of hydrogen-bond donors (Lipinski definition) is 0. The highest BCUT2D eigenvalue weighted by molar-refractivity contribution is 7.99. The van der Waals surface area contributed by atoms with E-state index in [0.29, 0.717) is 30.8 Å². The van der Waals surface area contributed by atoms with Crippen LogP contribution in [0.2, 0.25) is 0 Å². The predicted molar refractivity (Wildman–Crippen MR) is 111 cm³/mol. The molecule has 2 aliphatic rings. The zero-order chi connectivity index (χ0) is 19.8. The monoisotopic (exact) mass is 410 g/mol. The molecule has 0 aliphatic carbocycles. The Labute approximate surface area is 167 Å². The molecule has 2 fully saturated rings. The third-order valence-corrected chi connectivity index (χ3v) is 9.14. The molecule has 27 heavy (non-hydrogen) atoms. The lowest BCUT2D eigenvalue weighted by atomic mass is 9.96. The summed E-state index contributed by atoms with van der Waals surface area (Å²) in [5.41, 5.74) is 3.68. The van der Waals surface area contributed by atoms with Gasteiger partial charge in [-0.1, -0.05) is 6.07 Å². The number of nitrogens with zero attached hydrogens (tertiary/aromatic N) is 2. The van der Waals surface area contributed by atoms with Gasteiger partial charge in [0.05, 0.1) is 4.90 Å². The van der Waals surface area contributed by atoms with Crippen LogP contribution in [0.1, 0.15) is 35.1 Å². The van der Waals surface area contributed by atoms with Gasteiger partial charge in [0.15, 0.2) is 0 Å². The van der Waals surface area contributed by atoms with Crippen LogP contribution in [0.5, 0.6) is 0 Å². The quantitative estimate of drug-likeness (QED) is 0.769. The number of benzene rings is 1. The van der Waals surface area contributed by atoms with Gasteiger partial charge in [-0.3, -0.25) is 4.79 Å². The molecule has 0 N–H and O–H groups in total. The molecule has 2 heterocycles. The molecule has 0 radical (unpaired) electrons. The molecule has 0 spiro atoms. The van der Waals surface area contributed by atoms with Crippen molar-refractivity contribution in [3.05, 3.63) is 28.3 Å². The Kier molecular flexibility index (Phi) is 6.23. The number of rotatable bonds is 3. The molecule has 0 atom stereocenters. The Bertz CT molecular complexity index is 796. The SMILES string of the molecule is Cc1cc(C)c(C)c(S(=O)(=O)N2CCC(C(=O)N3CCSCC3)CC2)c1C. The molecular weight excluding hydrogens is 380 g/mol. The molecule has 1 aromatic carbocycles. The lowest BCUT2D eigenvalue weighted by molar-refractivity contribution is -0.136. The summed E-state index contributed by atoms with van der Waals surface area (Å²) in [5, 5.41) is 0. The Balaban J connectivity index is 1.75. The van der Waals surface area contributed by atoms with Gasteiger partial charge in [-0.05, 0) is 62.8 Å². The first kappa shape index (κ1) is 20.7. The second-order valence-electron chi connectivity index (χ2n) is 7.71. The van der Waals surface area contributed by atoms with Gasteiger partial charge >= 0.3 is 0 Å². The second kappa shape index (κ2) is 8.13. The number of hydrogen-bond acceptors (Lipinski definition) is 4. The number of sulfonamides is 1. The third kappa shape index (κ3) is 4.05. The third-order valence-electron chi connectivity index (χ3n) is 6.02. The molecule has 1 amide bonds. The Hall–Kier alpha value is -1.05. The van der Waals surface area contributed by atoms with E-state index in [-0.39, 0.29) is 11.8 Å². The van der Waals surface area contributed by atoms with E-state index in [2.05, 4.69) is 0 Å². The van der Waals surface area contributed by atoms with Crippen LogP contribution < -0.4 is 0 Å². The fourth-order valence-electron chi connectivity index (χ4n) is 4.08. The number of carbonyl (C=O) groups excluding carboxylic acids is 1. The minimum absolute atomic E-state index is 0.0408. The predicted octanol–water partition coefficient (Wildman–Crippen LogP) is 2.90. The standard InChI is InChI=1S/C20H30N2O3S2/c1-14-13-15(2)17(4)19(16(14)3)27(24,25)22-7-5-18(6-8-22)20(23)21-9-11-26-12-10-21/h13,18H,5-12H2,1-4H3. The van der Waals surface area contributed by atoms with Crippen LogP contribution in [0.25, 0.3) is 0 Å². The largest absolute Gasteiger partial charge is 0.341 e. The highest BCUT2D eigenvalue weighted by Crippen LogP contribution is 2.31. The number of amides is 1. The van der Waals surface area contributed by atoms with E-state index in [1.54, 1.807) is 4.31 Å². The summed E-state index contributed by atoms with van der Waals surface area (Å²) >= 11 is 1.89. The average molecular weight is 411 g/mol. The maximum Gasteiger partial charge on any atom is 0.243 e. The van der Waals surface area contributed by atoms with Crippen LogP contribution in [0.4, 0.5) is 0 Å². The van der Waals surface area contributed by atoms with Crippen LogP contribution >= 0.6 is 11.8 Å². The van der Waals surface area contributed by atoms with E-state index >= 15 is 0 Å². The van der Waals surface area contributed by atoms with E-state index in [1.807, 2.05) is 50.4 Å². The maximum absolute atomic E-state index is 13.3. The molecule has 0 bridgehead atoms. The summed E-state index contributed by atoms with van der Waals surface area (Å²) in [5.74, 6) is 2.18. The van der Waals surface area contributed by atoms with Gasteiger partial charge in [-0.25, -0.2) is 8.42 Å². The number of piperidine rings is 1. The number of thioether (sulfide) groups is 1. The van der Waals surface area contributed by atoms with Crippen LogP contribution in [0.3, 0.4) is 0 Å². The van der Waals surface area contributed by atoms with Crippen molar-refractivity contribution in [3.63, 3.8) is 0 Å². The van der Waals surface area contributed by atoms with Gasteiger partial charge in [0, 0.05) is 43.6 Å². The van der Waals surface area contributed by atoms with Crippen molar-refractivity contribution in [2.75, 3.05) is 37.7 Å². The van der Waals surface area contributed by atoms with Crippen LogP contribution in [0.15, 0.2) is 11.0 Å². The molecule has 0 aromatic heterocycles. The second-order valence-corrected chi connectivity index (χ2v) is 10.8. The summed E-state index contributed by atoms with van der Waals surface area (Å²) < 4.78 is 28.3. The van der Waals surface area contributed by atoms with Gasteiger partial charge in [0.1, 0.15) is 0 Å². The molecule has 1 aromatic rings. The molecule has 3 rings (SSSR count).